The van der Waals surface area contributed by atoms with E-state index in [1.54, 1.807) is 6.92 Å². The Labute approximate surface area is 165 Å². The summed E-state index contributed by atoms with van der Waals surface area (Å²) in [5.41, 5.74) is 4.09. The molecule has 0 N–H and O–H groups in total. The van der Waals surface area contributed by atoms with Gasteiger partial charge < -0.3 is 0 Å². The number of carbonyl (C=O) groups excluding carboxylic acids is 1. The first kappa shape index (κ1) is 21.0. The molecule has 1 unspecified atom stereocenters. The molecule has 0 saturated heterocycles. The second-order valence-corrected chi connectivity index (χ2v) is 7.55. The molecule has 0 spiro atoms. The molecule has 0 saturated carbocycles. The van der Waals surface area contributed by atoms with Crippen LogP contribution in [0.3, 0.4) is 0 Å². The zero-order valence-electron chi connectivity index (χ0n) is 17.1. The van der Waals surface area contributed by atoms with Crippen LogP contribution in [0.5, 0.6) is 0 Å². The molecule has 0 aliphatic carbocycles. The summed E-state index contributed by atoms with van der Waals surface area (Å²) in [6.45, 7) is 6.21. The highest BCUT2D eigenvalue weighted by atomic mass is 16.1. The summed E-state index contributed by atoms with van der Waals surface area (Å²) in [6.07, 6.45) is 9.17. The summed E-state index contributed by atoms with van der Waals surface area (Å²) in [4.78, 5) is 11.3. The van der Waals surface area contributed by atoms with Crippen LogP contribution in [0, 0.1) is 17.8 Å². The van der Waals surface area contributed by atoms with Gasteiger partial charge in [-0.1, -0.05) is 82.1 Å². The number of carbonyl (C=O) groups is 1. The van der Waals surface area contributed by atoms with Gasteiger partial charge >= 0.3 is 0 Å². The lowest BCUT2D eigenvalue weighted by Gasteiger charge is -2.07. The van der Waals surface area contributed by atoms with Crippen molar-refractivity contribution in [3.05, 3.63) is 70.8 Å². The van der Waals surface area contributed by atoms with Gasteiger partial charge in [0.25, 0.3) is 0 Å². The van der Waals surface area contributed by atoms with Crippen LogP contribution in [0.25, 0.3) is 0 Å². The van der Waals surface area contributed by atoms with Gasteiger partial charge in [0.15, 0.2) is 5.78 Å². The number of rotatable bonds is 9. The molecule has 0 aromatic heterocycles. The first-order chi connectivity index (χ1) is 13.1. The van der Waals surface area contributed by atoms with E-state index in [-0.39, 0.29) is 5.78 Å². The molecule has 2 aromatic carbocycles. The average Bonchev–Trinajstić information content (AvgIpc) is 2.70. The lowest BCUT2D eigenvalue weighted by Crippen LogP contribution is -1.92. The first-order valence-corrected chi connectivity index (χ1v) is 10.3. The van der Waals surface area contributed by atoms with E-state index < -0.39 is 0 Å². The molecule has 0 bridgehead atoms. The second kappa shape index (κ2) is 11.4. The van der Waals surface area contributed by atoms with Crippen LogP contribution in [-0.4, -0.2) is 5.78 Å². The minimum atomic E-state index is 0.0839. The highest BCUT2D eigenvalue weighted by Gasteiger charge is 1.99. The molecular formula is C26H32O. The average molecular weight is 361 g/mol. The van der Waals surface area contributed by atoms with Gasteiger partial charge in [-0.05, 0) is 55.5 Å². The fourth-order valence-corrected chi connectivity index (χ4v) is 3.07. The maximum Gasteiger partial charge on any atom is 0.159 e. The van der Waals surface area contributed by atoms with Crippen molar-refractivity contribution in [2.45, 2.75) is 65.7 Å². The summed E-state index contributed by atoms with van der Waals surface area (Å²) in [6, 6.07) is 16.1. The van der Waals surface area contributed by atoms with Crippen molar-refractivity contribution in [2.24, 2.45) is 5.92 Å². The maximum atomic E-state index is 11.3. The van der Waals surface area contributed by atoms with Crippen LogP contribution in [-0.2, 0) is 6.42 Å². The smallest absolute Gasteiger partial charge is 0.159 e. The van der Waals surface area contributed by atoms with E-state index in [9.17, 15) is 4.79 Å². The van der Waals surface area contributed by atoms with Gasteiger partial charge in [0.2, 0.25) is 0 Å². The van der Waals surface area contributed by atoms with E-state index in [4.69, 9.17) is 0 Å². The number of aryl methyl sites for hydroxylation is 1. The van der Waals surface area contributed by atoms with Crippen molar-refractivity contribution >= 4 is 5.78 Å². The second-order valence-electron chi connectivity index (χ2n) is 7.55. The predicted octanol–water partition coefficient (Wildman–Crippen LogP) is 6.83. The van der Waals surface area contributed by atoms with Crippen LogP contribution >= 0.6 is 0 Å². The minimum absolute atomic E-state index is 0.0839. The molecule has 0 heterocycles. The Bertz CT molecular complexity index is 757. The number of hydrogen-bond acceptors (Lipinski definition) is 1. The third kappa shape index (κ3) is 7.83. The van der Waals surface area contributed by atoms with Crippen LogP contribution in [0.15, 0.2) is 48.5 Å². The number of unbranched alkanes of at least 4 members (excludes halogenated alkanes) is 3. The molecule has 27 heavy (non-hydrogen) atoms. The molecule has 0 radical (unpaired) electrons. The highest BCUT2D eigenvalue weighted by Crippen LogP contribution is 2.14. The zero-order chi connectivity index (χ0) is 19.5. The summed E-state index contributed by atoms with van der Waals surface area (Å²) in [5.74, 6) is 7.33. The van der Waals surface area contributed by atoms with Crippen LogP contribution in [0.2, 0.25) is 0 Å². The third-order valence-electron chi connectivity index (χ3n) is 5.21. The Balaban J connectivity index is 1.76. The monoisotopic (exact) mass is 360 g/mol. The molecule has 2 aromatic rings. The van der Waals surface area contributed by atoms with Gasteiger partial charge in [-0.3, -0.25) is 4.79 Å². The summed E-state index contributed by atoms with van der Waals surface area (Å²) >= 11 is 0. The van der Waals surface area contributed by atoms with Crippen LogP contribution in [0.4, 0.5) is 0 Å². The third-order valence-corrected chi connectivity index (χ3v) is 5.21. The Morgan fingerprint density at radius 3 is 1.96 bits per heavy atom. The molecule has 0 fully saturated rings. The predicted molar refractivity (Wildman–Crippen MR) is 115 cm³/mol. The molecule has 2 rings (SSSR count). The Morgan fingerprint density at radius 1 is 0.852 bits per heavy atom. The normalized spacial score (nSPS) is 11.5. The van der Waals surface area contributed by atoms with Gasteiger partial charge in [-0.25, -0.2) is 0 Å². The molecule has 0 aliphatic rings. The van der Waals surface area contributed by atoms with Crippen molar-refractivity contribution in [1.82, 2.24) is 0 Å². The lowest BCUT2D eigenvalue weighted by atomic mass is 9.99. The van der Waals surface area contributed by atoms with Gasteiger partial charge in [-0.2, -0.15) is 0 Å². The van der Waals surface area contributed by atoms with E-state index in [1.165, 1.54) is 44.1 Å². The molecule has 142 valence electrons. The molecule has 1 heteroatoms. The van der Waals surface area contributed by atoms with E-state index in [0.717, 1.165) is 29.0 Å². The molecule has 0 amide bonds. The maximum absolute atomic E-state index is 11.3. The Hall–Kier alpha value is -2.33. The number of hydrogen-bond donors (Lipinski definition) is 0. The molecule has 0 aliphatic heterocycles. The summed E-state index contributed by atoms with van der Waals surface area (Å²) < 4.78 is 0. The molecule has 1 nitrogen and oxygen atoms in total. The van der Waals surface area contributed by atoms with Gasteiger partial charge in [0, 0.05) is 16.7 Å². The van der Waals surface area contributed by atoms with E-state index in [2.05, 4.69) is 50.0 Å². The minimum Gasteiger partial charge on any atom is -0.295 e. The van der Waals surface area contributed by atoms with Crippen molar-refractivity contribution in [3.8, 4) is 11.8 Å². The van der Waals surface area contributed by atoms with Gasteiger partial charge in [-0.15, -0.1) is 0 Å². The topological polar surface area (TPSA) is 17.1 Å². The van der Waals surface area contributed by atoms with Gasteiger partial charge in [0.05, 0.1) is 0 Å². The highest BCUT2D eigenvalue weighted by molar-refractivity contribution is 5.94. The van der Waals surface area contributed by atoms with Gasteiger partial charge in [0.1, 0.15) is 0 Å². The zero-order valence-corrected chi connectivity index (χ0v) is 17.1. The summed E-state index contributed by atoms with van der Waals surface area (Å²) in [7, 11) is 0. The van der Waals surface area contributed by atoms with Crippen molar-refractivity contribution in [2.75, 3.05) is 0 Å². The molecular weight excluding hydrogens is 328 g/mol. The van der Waals surface area contributed by atoms with Crippen molar-refractivity contribution in [3.63, 3.8) is 0 Å². The standard InChI is InChI=1S/C26H32O/c1-4-21(2)9-7-5-6-8-10-23-11-13-24(14-12-23)15-16-25-17-19-26(20-18-25)22(3)27/h11-14,17-21H,4-10H2,1-3H3. The van der Waals surface area contributed by atoms with E-state index in [1.807, 2.05) is 24.3 Å². The quantitative estimate of drug-likeness (QED) is 0.272. The number of ketones is 1. The van der Waals surface area contributed by atoms with Crippen molar-refractivity contribution < 1.29 is 4.79 Å². The fraction of sp³-hybridized carbons (Fsp3) is 0.423. The Kier molecular flexibility index (Phi) is 8.85. The SMILES string of the molecule is CCC(C)CCCCCCc1ccc(C#Cc2ccc(C(C)=O)cc2)cc1. The number of benzene rings is 2. The van der Waals surface area contributed by atoms with E-state index >= 15 is 0 Å². The van der Waals surface area contributed by atoms with Crippen LogP contribution < -0.4 is 0 Å². The summed E-state index contributed by atoms with van der Waals surface area (Å²) in [5, 5.41) is 0. The fourth-order valence-electron chi connectivity index (χ4n) is 3.07. The number of Topliss-reactive ketones (excluding diaryl/α,β-unsaturated/α-hetero) is 1. The van der Waals surface area contributed by atoms with Crippen LogP contribution in [0.1, 0.15) is 86.3 Å². The first-order valence-electron chi connectivity index (χ1n) is 10.3. The Morgan fingerprint density at radius 2 is 1.41 bits per heavy atom. The molecule has 1 atom stereocenters. The van der Waals surface area contributed by atoms with Crippen molar-refractivity contribution in [1.29, 1.82) is 0 Å². The van der Waals surface area contributed by atoms with E-state index in [0.29, 0.717) is 0 Å². The lowest BCUT2D eigenvalue weighted by molar-refractivity contribution is 0.101. The largest absolute Gasteiger partial charge is 0.295 e.